The fourth-order valence-corrected chi connectivity index (χ4v) is 3.62. The van der Waals surface area contributed by atoms with Gasteiger partial charge in [0.25, 0.3) is 0 Å². The summed E-state index contributed by atoms with van der Waals surface area (Å²) < 4.78 is 10.4. The first kappa shape index (κ1) is 18.1. The maximum absolute atomic E-state index is 12.7. The van der Waals surface area contributed by atoms with E-state index < -0.39 is 0 Å². The van der Waals surface area contributed by atoms with Crippen LogP contribution >= 0.6 is 0 Å². The smallest absolute Gasteiger partial charge is 0.240 e. The summed E-state index contributed by atoms with van der Waals surface area (Å²) in [6, 6.07) is 0.276. The molecule has 2 bridgehead atoms. The largest absolute Gasteiger partial charge is 0.384 e. The number of ether oxygens (including phenoxy) is 1. The van der Waals surface area contributed by atoms with Crippen LogP contribution in [-0.4, -0.2) is 65.2 Å². The van der Waals surface area contributed by atoms with Crippen molar-refractivity contribution >= 4 is 5.91 Å². The van der Waals surface area contributed by atoms with Gasteiger partial charge in [0.05, 0.1) is 19.1 Å². The second-order valence-electron chi connectivity index (χ2n) is 7.24. The molecule has 1 aromatic rings. The molecule has 0 saturated carbocycles. The van der Waals surface area contributed by atoms with Crippen LogP contribution in [0.25, 0.3) is 0 Å². The fraction of sp³-hybridized carbons (Fsp3) is 0.722. The number of fused-ring (bicyclic) bond motifs is 4. The lowest BCUT2D eigenvalue weighted by molar-refractivity contribution is -0.139. The summed E-state index contributed by atoms with van der Waals surface area (Å²) in [7, 11) is 1.66. The summed E-state index contributed by atoms with van der Waals surface area (Å²) in [5, 5.41) is 4.00. The molecular formula is C18H28N4O3. The molecule has 3 aliphatic rings. The molecule has 3 aliphatic heterocycles. The Hall–Kier alpha value is -1.73. The molecule has 3 fully saturated rings. The van der Waals surface area contributed by atoms with Gasteiger partial charge < -0.3 is 14.2 Å². The Morgan fingerprint density at radius 3 is 2.96 bits per heavy atom. The monoisotopic (exact) mass is 348 g/mol. The van der Waals surface area contributed by atoms with Gasteiger partial charge in [0.15, 0.2) is 5.82 Å². The second-order valence-corrected chi connectivity index (χ2v) is 7.24. The van der Waals surface area contributed by atoms with E-state index in [1.165, 1.54) is 5.57 Å². The van der Waals surface area contributed by atoms with Crippen molar-refractivity contribution in [2.24, 2.45) is 5.92 Å². The summed E-state index contributed by atoms with van der Waals surface area (Å²) in [5.74, 6) is 1.68. The highest BCUT2D eigenvalue weighted by molar-refractivity contribution is 5.80. The van der Waals surface area contributed by atoms with E-state index in [2.05, 4.69) is 39.9 Å². The van der Waals surface area contributed by atoms with Crippen LogP contribution in [0.5, 0.6) is 0 Å². The minimum absolute atomic E-state index is 0.0835. The van der Waals surface area contributed by atoms with Gasteiger partial charge in [-0.1, -0.05) is 16.8 Å². The van der Waals surface area contributed by atoms with Crippen LogP contribution in [0, 0.1) is 5.92 Å². The summed E-state index contributed by atoms with van der Waals surface area (Å²) in [6.45, 7) is 7.70. The van der Waals surface area contributed by atoms with Gasteiger partial charge in [-0.05, 0) is 26.7 Å². The number of amides is 1. The number of aromatic nitrogens is 2. The zero-order valence-electron chi connectivity index (χ0n) is 15.4. The van der Waals surface area contributed by atoms with E-state index >= 15 is 0 Å². The van der Waals surface area contributed by atoms with Crippen molar-refractivity contribution in [1.82, 2.24) is 19.9 Å². The zero-order valence-corrected chi connectivity index (χ0v) is 15.4. The molecule has 4 heterocycles. The maximum Gasteiger partial charge on any atom is 0.240 e. The number of piperidine rings is 1. The average Bonchev–Trinajstić information content (AvgIpc) is 2.85. The third-order valence-corrected chi connectivity index (χ3v) is 4.96. The van der Waals surface area contributed by atoms with Crippen molar-refractivity contribution in [2.45, 2.75) is 45.7 Å². The normalized spacial score (nSPS) is 23.8. The Bertz CT molecular complexity index is 624. The molecule has 3 saturated heterocycles. The number of hydrogen-bond acceptors (Lipinski definition) is 6. The van der Waals surface area contributed by atoms with Gasteiger partial charge in [0, 0.05) is 39.2 Å². The van der Waals surface area contributed by atoms with E-state index in [1.54, 1.807) is 7.11 Å². The fourth-order valence-electron chi connectivity index (χ4n) is 3.62. The number of rotatable bonds is 7. The molecule has 25 heavy (non-hydrogen) atoms. The number of carbonyl (C=O) groups excluding carboxylic acids is 1. The Balaban J connectivity index is 1.64. The predicted molar refractivity (Wildman–Crippen MR) is 92.8 cm³/mol. The van der Waals surface area contributed by atoms with Gasteiger partial charge in [-0.15, -0.1) is 0 Å². The van der Waals surface area contributed by atoms with E-state index in [1.807, 2.05) is 0 Å². The molecule has 2 atom stereocenters. The van der Waals surface area contributed by atoms with Crippen LogP contribution < -0.4 is 0 Å². The molecule has 7 nitrogen and oxygen atoms in total. The molecule has 4 rings (SSSR count). The van der Waals surface area contributed by atoms with Crippen molar-refractivity contribution in [3.63, 3.8) is 0 Å². The Kier molecular flexibility index (Phi) is 5.86. The summed E-state index contributed by atoms with van der Waals surface area (Å²) in [5.41, 5.74) is 1.25. The third kappa shape index (κ3) is 4.46. The van der Waals surface area contributed by atoms with Gasteiger partial charge in [-0.3, -0.25) is 9.69 Å². The molecule has 0 spiro atoms. The second kappa shape index (κ2) is 8.10. The van der Waals surface area contributed by atoms with Gasteiger partial charge >= 0.3 is 0 Å². The van der Waals surface area contributed by atoms with E-state index in [-0.39, 0.29) is 12.0 Å². The lowest BCUT2D eigenvalue weighted by Gasteiger charge is -2.35. The molecule has 1 aromatic heterocycles. The topological polar surface area (TPSA) is 71.7 Å². The lowest BCUT2D eigenvalue weighted by Crippen LogP contribution is -2.47. The van der Waals surface area contributed by atoms with Crippen LogP contribution in [0.3, 0.4) is 0 Å². The minimum atomic E-state index is 0.0835. The predicted octanol–water partition coefficient (Wildman–Crippen LogP) is 1.65. The van der Waals surface area contributed by atoms with Crippen LogP contribution in [-0.2, 0) is 22.5 Å². The van der Waals surface area contributed by atoms with Crippen molar-refractivity contribution in [3.05, 3.63) is 23.4 Å². The van der Waals surface area contributed by atoms with Crippen molar-refractivity contribution in [2.75, 3.05) is 33.4 Å². The first-order valence-electron chi connectivity index (χ1n) is 9.03. The molecular weight excluding hydrogens is 320 g/mol. The van der Waals surface area contributed by atoms with E-state index in [4.69, 9.17) is 9.26 Å². The molecule has 0 aliphatic carbocycles. The van der Waals surface area contributed by atoms with Crippen molar-refractivity contribution in [3.8, 4) is 0 Å². The highest BCUT2D eigenvalue weighted by Crippen LogP contribution is 2.29. The van der Waals surface area contributed by atoms with E-state index in [0.717, 1.165) is 32.5 Å². The Morgan fingerprint density at radius 1 is 1.36 bits per heavy atom. The average molecular weight is 348 g/mol. The lowest BCUT2D eigenvalue weighted by atomic mass is 9.94. The highest BCUT2D eigenvalue weighted by atomic mass is 16.5. The minimum Gasteiger partial charge on any atom is -0.384 e. The summed E-state index contributed by atoms with van der Waals surface area (Å²) in [6.07, 6.45) is 4.85. The first-order valence-corrected chi connectivity index (χ1v) is 9.03. The number of allylic oxidation sites excluding steroid dienone is 1. The summed E-state index contributed by atoms with van der Waals surface area (Å²) >= 11 is 0. The molecule has 0 unspecified atom stereocenters. The van der Waals surface area contributed by atoms with Gasteiger partial charge in [0.1, 0.15) is 0 Å². The standard InChI is InChI=1S/C18H28N4O3/c1-13(2)6-8-22-15-5-4-14(18(22)23)10-21(11-15)12-17-19-16(20-25-17)7-9-24-3/h6,14-15H,4-5,7-12H2,1-3H3/t14-,15+/m0/s1. The molecule has 0 N–H and O–H groups in total. The number of carbonyl (C=O) groups is 1. The molecule has 7 heteroatoms. The number of hydrogen-bond donors (Lipinski definition) is 0. The van der Waals surface area contributed by atoms with Crippen molar-refractivity contribution < 1.29 is 14.1 Å². The first-order chi connectivity index (χ1) is 12.1. The molecule has 138 valence electrons. The molecule has 0 radical (unpaired) electrons. The van der Waals surface area contributed by atoms with Crippen LogP contribution in [0.4, 0.5) is 0 Å². The van der Waals surface area contributed by atoms with Gasteiger partial charge in [-0.2, -0.15) is 4.98 Å². The van der Waals surface area contributed by atoms with Crippen molar-refractivity contribution in [1.29, 1.82) is 0 Å². The Morgan fingerprint density at radius 2 is 2.20 bits per heavy atom. The van der Waals surface area contributed by atoms with E-state index in [9.17, 15) is 4.79 Å². The van der Waals surface area contributed by atoms with Crippen LogP contribution in [0.2, 0.25) is 0 Å². The maximum atomic E-state index is 12.7. The number of methoxy groups -OCH3 is 1. The highest BCUT2D eigenvalue weighted by Gasteiger charge is 2.40. The van der Waals surface area contributed by atoms with Gasteiger partial charge in [-0.25, -0.2) is 0 Å². The number of nitrogens with zero attached hydrogens (tertiary/aromatic N) is 4. The summed E-state index contributed by atoms with van der Waals surface area (Å²) in [4.78, 5) is 21.5. The van der Waals surface area contributed by atoms with Crippen LogP contribution in [0.15, 0.2) is 16.2 Å². The van der Waals surface area contributed by atoms with Crippen LogP contribution in [0.1, 0.15) is 38.4 Å². The SMILES string of the molecule is COCCc1noc(CN2C[C@@H]3CC[C@H](C2)N(CC=C(C)C)C3=O)n1. The third-order valence-electron chi connectivity index (χ3n) is 4.96. The van der Waals surface area contributed by atoms with Gasteiger partial charge in [0.2, 0.25) is 11.8 Å². The molecule has 1 amide bonds. The van der Waals surface area contributed by atoms with E-state index in [0.29, 0.717) is 37.2 Å². The Labute approximate surface area is 149 Å². The quantitative estimate of drug-likeness (QED) is 0.698. The zero-order chi connectivity index (χ0) is 17.8. The molecule has 0 aromatic carbocycles.